The molecule has 25 heavy (non-hydrogen) atoms. The van der Waals surface area contributed by atoms with E-state index in [4.69, 9.17) is 4.74 Å². The number of imide groups is 1. The van der Waals surface area contributed by atoms with Gasteiger partial charge in [0.1, 0.15) is 6.54 Å². The number of ether oxygens (including phenoxy) is 1. The second-order valence-electron chi connectivity index (χ2n) is 5.52. The zero-order chi connectivity index (χ0) is 18.0. The zero-order valence-corrected chi connectivity index (χ0v) is 15.9. The van der Waals surface area contributed by atoms with Crippen LogP contribution in [0.1, 0.15) is 12.8 Å². The van der Waals surface area contributed by atoms with E-state index in [1.165, 1.54) is 11.3 Å². The summed E-state index contributed by atoms with van der Waals surface area (Å²) in [5.74, 6) is -1.15. The Kier molecular flexibility index (Phi) is 5.45. The van der Waals surface area contributed by atoms with Crippen LogP contribution in [0, 0.1) is 0 Å². The molecule has 0 atom stereocenters. The molecule has 0 unspecified atom stereocenters. The fourth-order valence-electron chi connectivity index (χ4n) is 2.61. The third-order valence-electron chi connectivity index (χ3n) is 3.83. The molecule has 1 fully saturated rings. The summed E-state index contributed by atoms with van der Waals surface area (Å²) in [4.78, 5) is 41.2. The standard InChI is InChI=1S/C16H16BrN3O4S/c1-24-7-6-19-11-3-2-10(17)8-12(11)25-16(19)18-13(21)9-20-14(22)4-5-15(20)23/h2-3,8H,4-7,9H2,1H3. The number of hydrogen-bond acceptors (Lipinski definition) is 5. The number of carbonyl (C=O) groups excluding carboxylic acids is 3. The van der Waals surface area contributed by atoms with Crippen molar-refractivity contribution < 1.29 is 19.1 Å². The van der Waals surface area contributed by atoms with Crippen LogP contribution in [-0.4, -0.2) is 47.4 Å². The van der Waals surface area contributed by atoms with Gasteiger partial charge in [0, 0.05) is 31.0 Å². The van der Waals surface area contributed by atoms with Crippen LogP contribution in [0.25, 0.3) is 10.2 Å². The number of likely N-dealkylation sites (tertiary alicyclic amines) is 1. The number of hydrogen-bond donors (Lipinski definition) is 0. The number of rotatable bonds is 5. The number of nitrogens with zero attached hydrogens (tertiary/aromatic N) is 3. The molecule has 0 spiro atoms. The molecule has 1 aromatic carbocycles. The molecule has 0 N–H and O–H groups in total. The van der Waals surface area contributed by atoms with E-state index in [2.05, 4.69) is 20.9 Å². The van der Waals surface area contributed by atoms with Crippen molar-refractivity contribution in [3.63, 3.8) is 0 Å². The first-order valence-electron chi connectivity index (χ1n) is 7.68. The Bertz CT molecular complexity index is 902. The Morgan fingerprint density at radius 1 is 1.32 bits per heavy atom. The van der Waals surface area contributed by atoms with Crippen LogP contribution in [0.2, 0.25) is 0 Å². The lowest BCUT2D eigenvalue weighted by atomic mass is 10.3. The summed E-state index contributed by atoms with van der Waals surface area (Å²) in [6.45, 7) is 0.720. The number of carbonyl (C=O) groups is 3. The monoisotopic (exact) mass is 425 g/mol. The lowest BCUT2D eigenvalue weighted by molar-refractivity contribution is -0.141. The van der Waals surface area contributed by atoms with Gasteiger partial charge in [-0.1, -0.05) is 27.3 Å². The number of thiazole rings is 1. The van der Waals surface area contributed by atoms with Crippen molar-refractivity contribution in [1.29, 1.82) is 0 Å². The summed E-state index contributed by atoms with van der Waals surface area (Å²) in [5.41, 5.74) is 0.949. The molecule has 1 aromatic heterocycles. The van der Waals surface area contributed by atoms with Crippen molar-refractivity contribution in [2.75, 3.05) is 20.3 Å². The highest BCUT2D eigenvalue weighted by molar-refractivity contribution is 9.10. The number of benzene rings is 1. The molecular weight excluding hydrogens is 410 g/mol. The van der Waals surface area contributed by atoms with Crippen molar-refractivity contribution in [1.82, 2.24) is 9.47 Å². The SMILES string of the molecule is COCCn1c(=NC(=O)CN2C(=O)CCC2=O)sc2cc(Br)ccc21. The van der Waals surface area contributed by atoms with Crippen LogP contribution in [0.3, 0.4) is 0 Å². The highest BCUT2D eigenvalue weighted by atomic mass is 79.9. The van der Waals surface area contributed by atoms with Gasteiger partial charge in [0.25, 0.3) is 5.91 Å². The molecule has 3 rings (SSSR count). The minimum Gasteiger partial charge on any atom is -0.383 e. The molecule has 2 heterocycles. The first-order valence-corrected chi connectivity index (χ1v) is 9.29. The fraction of sp³-hybridized carbons (Fsp3) is 0.375. The van der Waals surface area contributed by atoms with Crippen molar-refractivity contribution >= 4 is 55.2 Å². The van der Waals surface area contributed by atoms with Crippen LogP contribution in [-0.2, 0) is 25.7 Å². The molecule has 0 bridgehead atoms. The van der Waals surface area contributed by atoms with Gasteiger partial charge in [-0.25, -0.2) is 0 Å². The summed E-state index contributed by atoms with van der Waals surface area (Å²) >= 11 is 4.81. The fourth-order valence-corrected chi connectivity index (χ4v) is 4.23. The smallest absolute Gasteiger partial charge is 0.268 e. The largest absolute Gasteiger partial charge is 0.383 e. The number of methoxy groups -OCH3 is 1. The molecule has 1 saturated heterocycles. The predicted octanol–water partition coefficient (Wildman–Crippen LogP) is 1.69. The Balaban J connectivity index is 1.95. The maximum Gasteiger partial charge on any atom is 0.268 e. The van der Waals surface area contributed by atoms with Crippen molar-refractivity contribution in [2.24, 2.45) is 4.99 Å². The summed E-state index contributed by atoms with van der Waals surface area (Å²) < 4.78 is 8.95. The van der Waals surface area contributed by atoms with Gasteiger partial charge < -0.3 is 9.30 Å². The van der Waals surface area contributed by atoms with Gasteiger partial charge in [0.05, 0.1) is 16.8 Å². The van der Waals surface area contributed by atoms with Crippen LogP contribution in [0.4, 0.5) is 0 Å². The lowest BCUT2D eigenvalue weighted by Crippen LogP contribution is -2.34. The molecule has 1 aliphatic rings. The van der Waals surface area contributed by atoms with E-state index in [0.29, 0.717) is 18.0 Å². The van der Waals surface area contributed by atoms with Crippen molar-refractivity contribution in [3.8, 4) is 0 Å². The highest BCUT2D eigenvalue weighted by Crippen LogP contribution is 2.22. The molecule has 1 aliphatic heterocycles. The van der Waals surface area contributed by atoms with Gasteiger partial charge >= 0.3 is 0 Å². The van der Waals surface area contributed by atoms with E-state index >= 15 is 0 Å². The molecule has 0 aliphatic carbocycles. The van der Waals surface area contributed by atoms with E-state index in [1.807, 2.05) is 22.8 Å². The molecule has 9 heteroatoms. The number of halogens is 1. The first-order chi connectivity index (χ1) is 12.0. The number of aromatic nitrogens is 1. The highest BCUT2D eigenvalue weighted by Gasteiger charge is 2.30. The number of fused-ring (bicyclic) bond motifs is 1. The minimum atomic E-state index is -0.514. The minimum absolute atomic E-state index is 0.164. The summed E-state index contributed by atoms with van der Waals surface area (Å²) in [5, 5.41) is 0. The van der Waals surface area contributed by atoms with Gasteiger partial charge in [-0.2, -0.15) is 4.99 Å². The van der Waals surface area contributed by atoms with Crippen LogP contribution >= 0.6 is 27.3 Å². The van der Waals surface area contributed by atoms with Crippen molar-refractivity contribution in [3.05, 3.63) is 27.5 Å². The van der Waals surface area contributed by atoms with Gasteiger partial charge in [0.2, 0.25) is 11.8 Å². The van der Waals surface area contributed by atoms with E-state index in [1.54, 1.807) is 7.11 Å². The van der Waals surface area contributed by atoms with Crippen LogP contribution in [0.15, 0.2) is 27.7 Å². The normalized spacial score (nSPS) is 15.6. The van der Waals surface area contributed by atoms with Crippen LogP contribution < -0.4 is 4.80 Å². The summed E-state index contributed by atoms with van der Waals surface area (Å²) in [7, 11) is 1.61. The molecule has 132 valence electrons. The Morgan fingerprint density at radius 3 is 2.72 bits per heavy atom. The lowest BCUT2D eigenvalue weighted by Gasteiger charge is -2.10. The van der Waals surface area contributed by atoms with Gasteiger partial charge in [-0.3, -0.25) is 19.3 Å². The maximum absolute atomic E-state index is 12.3. The molecule has 0 radical (unpaired) electrons. The van der Waals surface area contributed by atoms with Crippen LogP contribution in [0.5, 0.6) is 0 Å². The average Bonchev–Trinajstić information content (AvgIpc) is 3.06. The average molecular weight is 426 g/mol. The van der Waals surface area contributed by atoms with Gasteiger partial charge in [-0.05, 0) is 18.2 Å². The summed E-state index contributed by atoms with van der Waals surface area (Å²) in [6, 6.07) is 5.83. The molecule has 2 aromatic rings. The van der Waals surface area contributed by atoms with E-state index < -0.39 is 5.91 Å². The van der Waals surface area contributed by atoms with E-state index in [-0.39, 0.29) is 31.2 Å². The van der Waals surface area contributed by atoms with Gasteiger partial charge in [0.15, 0.2) is 4.80 Å². The maximum atomic E-state index is 12.3. The van der Waals surface area contributed by atoms with Gasteiger partial charge in [-0.15, -0.1) is 0 Å². The van der Waals surface area contributed by atoms with E-state index in [0.717, 1.165) is 19.6 Å². The second kappa shape index (κ2) is 7.59. The number of amides is 3. The second-order valence-corrected chi connectivity index (χ2v) is 7.45. The molecule has 3 amide bonds. The first kappa shape index (κ1) is 18.0. The summed E-state index contributed by atoms with van der Waals surface area (Å²) in [6.07, 6.45) is 0.327. The third-order valence-corrected chi connectivity index (χ3v) is 5.37. The van der Waals surface area contributed by atoms with E-state index in [9.17, 15) is 14.4 Å². The third kappa shape index (κ3) is 3.88. The predicted molar refractivity (Wildman–Crippen MR) is 95.9 cm³/mol. The zero-order valence-electron chi connectivity index (χ0n) is 13.5. The molecular formula is C16H16BrN3O4S. The quantitative estimate of drug-likeness (QED) is 0.682. The Morgan fingerprint density at radius 2 is 2.04 bits per heavy atom. The Labute approximate surface area is 156 Å². The topological polar surface area (TPSA) is 81.0 Å². The molecule has 7 nitrogen and oxygen atoms in total. The van der Waals surface area contributed by atoms with Crippen molar-refractivity contribution in [2.45, 2.75) is 19.4 Å². The Hall–Kier alpha value is -1.84. The molecule has 0 saturated carbocycles.